The molecule has 1 aromatic rings. The Bertz CT molecular complexity index is 500. The van der Waals surface area contributed by atoms with Gasteiger partial charge < -0.3 is 20.4 Å². The van der Waals surface area contributed by atoms with Crippen LogP contribution in [-0.2, 0) is 0 Å². The van der Waals surface area contributed by atoms with Gasteiger partial charge in [0.15, 0.2) is 0 Å². The van der Waals surface area contributed by atoms with Crippen molar-refractivity contribution in [2.24, 2.45) is 0 Å². The van der Waals surface area contributed by atoms with Gasteiger partial charge in [-0.15, -0.1) is 11.3 Å². The number of amides is 1. The summed E-state index contributed by atoms with van der Waals surface area (Å²) in [4.78, 5) is 19.2. The van der Waals surface area contributed by atoms with Gasteiger partial charge in [0.1, 0.15) is 4.88 Å². The highest BCUT2D eigenvalue weighted by atomic mass is 32.1. The Morgan fingerprint density at radius 1 is 1.48 bits per heavy atom. The number of nitrogen functional groups attached to an aromatic ring is 1. The maximum Gasteiger partial charge on any atom is 0.265 e. The number of carbonyl (C=O) groups excluding carboxylic acids is 1. The molecule has 2 N–H and O–H groups in total. The summed E-state index contributed by atoms with van der Waals surface area (Å²) in [5, 5.41) is 1.12. The predicted molar refractivity (Wildman–Crippen MR) is 90.3 cm³/mol. The summed E-state index contributed by atoms with van der Waals surface area (Å²) in [6.07, 6.45) is 2.24. The van der Waals surface area contributed by atoms with Crippen LogP contribution < -0.4 is 10.6 Å². The molecule has 1 atom stereocenters. The molecule has 118 valence electrons. The van der Waals surface area contributed by atoms with Crippen LogP contribution in [0, 0.1) is 0 Å². The number of hydrogen-bond acceptors (Lipinski definition) is 5. The highest BCUT2D eigenvalue weighted by molar-refractivity contribution is 7.18. The van der Waals surface area contributed by atoms with E-state index in [9.17, 15) is 4.79 Å². The first kappa shape index (κ1) is 16.1. The van der Waals surface area contributed by atoms with E-state index in [1.807, 2.05) is 6.07 Å². The Morgan fingerprint density at radius 2 is 2.19 bits per heavy atom. The Morgan fingerprint density at radius 3 is 2.81 bits per heavy atom. The first-order valence-electron chi connectivity index (χ1n) is 7.50. The van der Waals surface area contributed by atoms with E-state index in [-0.39, 0.29) is 5.91 Å². The number of rotatable bonds is 3. The fourth-order valence-electron chi connectivity index (χ4n) is 2.79. The summed E-state index contributed by atoms with van der Waals surface area (Å²) in [6, 6.07) is 2.45. The summed E-state index contributed by atoms with van der Waals surface area (Å²) >= 11 is 1.52. The third-order valence-electron chi connectivity index (χ3n) is 4.00. The molecule has 1 aliphatic rings. The van der Waals surface area contributed by atoms with Crippen LogP contribution in [0.15, 0.2) is 6.07 Å². The van der Waals surface area contributed by atoms with Crippen LogP contribution in [-0.4, -0.2) is 62.5 Å². The number of likely N-dealkylation sites (N-methyl/N-ethyl adjacent to an activating group) is 1. The molecule has 1 aliphatic heterocycles. The molecule has 2 heterocycles. The Kier molecular flexibility index (Phi) is 5.11. The summed E-state index contributed by atoms with van der Waals surface area (Å²) < 4.78 is 0. The normalized spacial score (nSPS) is 20.4. The predicted octanol–water partition coefficient (Wildman–Crippen LogP) is 1.95. The van der Waals surface area contributed by atoms with Gasteiger partial charge in [0, 0.05) is 33.2 Å². The second-order valence-corrected chi connectivity index (χ2v) is 6.97. The van der Waals surface area contributed by atoms with Crippen LogP contribution >= 0.6 is 11.3 Å². The summed E-state index contributed by atoms with van der Waals surface area (Å²) in [5.41, 5.74) is 6.66. The maximum absolute atomic E-state index is 12.2. The van der Waals surface area contributed by atoms with E-state index in [0.717, 1.165) is 37.5 Å². The van der Waals surface area contributed by atoms with Gasteiger partial charge in [-0.3, -0.25) is 4.79 Å². The monoisotopic (exact) mass is 310 g/mol. The summed E-state index contributed by atoms with van der Waals surface area (Å²) in [7, 11) is 5.70. The number of nitrogens with zero attached hydrogens (tertiary/aromatic N) is 3. The highest BCUT2D eigenvalue weighted by Gasteiger charge is 2.25. The van der Waals surface area contributed by atoms with Crippen LogP contribution in [0.4, 0.5) is 10.7 Å². The largest absolute Gasteiger partial charge is 0.397 e. The SMILES string of the molecule is CCC1CN(C)CCCN1c1cc(N)c(C(=O)N(C)C)s1. The van der Waals surface area contributed by atoms with Crippen molar-refractivity contribution in [1.29, 1.82) is 0 Å². The fourth-order valence-corrected chi connectivity index (χ4v) is 3.99. The van der Waals surface area contributed by atoms with Gasteiger partial charge in [-0.25, -0.2) is 0 Å². The molecular weight excluding hydrogens is 284 g/mol. The number of thiophene rings is 1. The Balaban J connectivity index is 2.28. The third-order valence-corrected chi connectivity index (χ3v) is 5.18. The second kappa shape index (κ2) is 6.66. The molecule has 0 bridgehead atoms. The van der Waals surface area contributed by atoms with E-state index in [0.29, 0.717) is 16.6 Å². The van der Waals surface area contributed by atoms with Crippen molar-refractivity contribution in [3.8, 4) is 0 Å². The van der Waals surface area contributed by atoms with Crippen molar-refractivity contribution in [2.75, 3.05) is 51.4 Å². The van der Waals surface area contributed by atoms with Crippen molar-refractivity contribution in [1.82, 2.24) is 9.80 Å². The van der Waals surface area contributed by atoms with Crippen LogP contribution in [0.3, 0.4) is 0 Å². The van der Waals surface area contributed by atoms with E-state index in [2.05, 4.69) is 23.8 Å². The lowest BCUT2D eigenvalue weighted by atomic mass is 10.2. The Hall–Kier alpha value is -1.27. The van der Waals surface area contributed by atoms with Gasteiger partial charge in [-0.2, -0.15) is 0 Å². The lowest BCUT2D eigenvalue weighted by Gasteiger charge is -2.30. The van der Waals surface area contributed by atoms with E-state index >= 15 is 0 Å². The van der Waals surface area contributed by atoms with Crippen molar-refractivity contribution in [3.05, 3.63) is 10.9 Å². The number of carbonyl (C=O) groups is 1. The van der Waals surface area contributed by atoms with Gasteiger partial charge in [0.2, 0.25) is 0 Å². The molecule has 1 aromatic heterocycles. The van der Waals surface area contributed by atoms with Gasteiger partial charge in [-0.1, -0.05) is 6.92 Å². The summed E-state index contributed by atoms with van der Waals surface area (Å²) in [6.45, 7) is 5.43. The van der Waals surface area contributed by atoms with E-state index in [1.165, 1.54) is 11.3 Å². The summed E-state index contributed by atoms with van der Waals surface area (Å²) in [5.74, 6) is -0.0104. The molecule has 1 saturated heterocycles. The van der Waals surface area contributed by atoms with E-state index in [4.69, 9.17) is 5.73 Å². The lowest BCUT2D eigenvalue weighted by molar-refractivity contribution is 0.0833. The second-order valence-electron chi connectivity index (χ2n) is 5.94. The average molecular weight is 310 g/mol. The molecule has 5 nitrogen and oxygen atoms in total. The van der Waals surface area contributed by atoms with Crippen molar-refractivity contribution < 1.29 is 4.79 Å². The molecule has 21 heavy (non-hydrogen) atoms. The molecule has 1 fully saturated rings. The quantitative estimate of drug-likeness (QED) is 0.927. The Labute approximate surface area is 131 Å². The van der Waals surface area contributed by atoms with Crippen LogP contribution in [0.1, 0.15) is 29.4 Å². The first-order chi connectivity index (χ1) is 9.93. The topological polar surface area (TPSA) is 52.8 Å². The molecule has 0 spiro atoms. The molecule has 6 heteroatoms. The zero-order chi connectivity index (χ0) is 15.6. The zero-order valence-corrected chi connectivity index (χ0v) is 14.2. The minimum Gasteiger partial charge on any atom is -0.397 e. The number of nitrogens with two attached hydrogens (primary N) is 1. The molecule has 0 saturated carbocycles. The maximum atomic E-state index is 12.2. The molecule has 2 rings (SSSR count). The smallest absolute Gasteiger partial charge is 0.265 e. The molecule has 0 aromatic carbocycles. The third kappa shape index (κ3) is 3.49. The minimum atomic E-state index is -0.0104. The molecule has 1 unspecified atom stereocenters. The van der Waals surface area contributed by atoms with Gasteiger partial charge in [-0.05, 0) is 32.5 Å². The van der Waals surface area contributed by atoms with Gasteiger partial charge in [0.05, 0.1) is 10.7 Å². The minimum absolute atomic E-state index is 0.0104. The molecule has 0 aliphatic carbocycles. The van der Waals surface area contributed by atoms with Crippen molar-refractivity contribution in [2.45, 2.75) is 25.8 Å². The molecule has 0 radical (unpaired) electrons. The van der Waals surface area contributed by atoms with Crippen molar-refractivity contribution in [3.63, 3.8) is 0 Å². The average Bonchev–Trinajstić information content (AvgIpc) is 2.70. The molecular formula is C15H26N4OS. The number of anilines is 2. The zero-order valence-electron chi connectivity index (χ0n) is 13.4. The van der Waals surface area contributed by atoms with Crippen LogP contribution in [0.2, 0.25) is 0 Å². The lowest BCUT2D eigenvalue weighted by Crippen LogP contribution is -2.39. The first-order valence-corrected chi connectivity index (χ1v) is 8.31. The van der Waals surface area contributed by atoms with Gasteiger partial charge >= 0.3 is 0 Å². The van der Waals surface area contributed by atoms with E-state index in [1.54, 1.807) is 19.0 Å². The van der Waals surface area contributed by atoms with Crippen LogP contribution in [0.5, 0.6) is 0 Å². The fraction of sp³-hybridized carbons (Fsp3) is 0.667. The van der Waals surface area contributed by atoms with Crippen molar-refractivity contribution >= 4 is 27.9 Å². The number of hydrogen-bond donors (Lipinski definition) is 1. The highest BCUT2D eigenvalue weighted by Crippen LogP contribution is 2.35. The standard InChI is InChI=1S/C15H26N4OS/c1-5-11-10-18(4)7-6-8-19(11)13-9-12(16)14(21-13)15(20)17(2)3/h9,11H,5-8,10,16H2,1-4H3. The molecule has 1 amide bonds. The van der Waals surface area contributed by atoms with Crippen LogP contribution in [0.25, 0.3) is 0 Å². The van der Waals surface area contributed by atoms with E-state index < -0.39 is 0 Å². The van der Waals surface area contributed by atoms with Gasteiger partial charge in [0.25, 0.3) is 5.91 Å².